The number of hydrogen-bond acceptors (Lipinski definition) is 11. The van der Waals surface area contributed by atoms with Gasteiger partial charge in [-0.1, -0.05) is 87.0 Å². The smallest absolute Gasteiger partial charge is 0.410 e. The third-order valence-electron chi connectivity index (χ3n) is 12.6. The van der Waals surface area contributed by atoms with Crippen LogP contribution in [0.15, 0.2) is 121 Å². The van der Waals surface area contributed by atoms with E-state index < -0.39 is 30.0 Å². The standard InChI is InChI=1S/C56H62N10O8/c1-36(2)51(64-48(68)21-8-5-11-31-66-49(69)26-27-50(66)70)46(67)32-40(17-13-29-59-55(57)72)54(71)61-41-24-22-39(23-25-41)35-74-56(73)65(33-38-15-6-4-7-16-38)34-47-62-52(53(63-47)45-20-12-14-37(3)60-45)43-28-30-58-44-19-10-9-18-42(43)44/h4,6-7,9-10,12,14-16,18-20,22-28,30,36,40,51H,5,8,11,13,17,21,29,31-35H2,1-3H3,(H,61,71)(H,62,63)(H,64,68)(H3,57,59,72)/t40-,51+/m1/s1. The Labute approximate surface area is 429 Å². The molecule has 7 rings (SSSR count). The van der Waals surface area contributed by atoms with Gasteiger partial charge in [-0.25, -0.2) is 14.6 Å². The highest BCUT2D eigenvalue weighted by Gasteiger charge is 2.30. The fourth-order valence-corrected chi connectivity index (χ4v) is 8.70. The molecule has 18 nitrogen and oxygen atoms in total. The second-order valence-corrected chi connectivity index (χ2v) is 18.6. The van der Waals surface area contributed by atoms with Crippen molar-refractivity contribution in [1.82, 2.24) is 40.4 Å². The third-order valence-corrected chi connectivity index (χ3v) is 12.6. The Morgan fingerprint density at radius 3 is 2.27 bits per heavy atom. The van der Waals surface area contributed by atoms with Gasteiger partial charge < -0.3 is 31.4 Å². The number of ketones is 1. The average molecular weight is 1000 g/mol. The Balaban J connectivity index is 0.987. The number of nitrogens with one attached hydrogen (secondary N) is 4. The Morgan fingerprint density at radius 1 is 0.797 bits per heavy atom. The van der Waals surface area contributed by atoms with E-state index in [0.717, 1.165) is 32.6 Å². The first-order valence-electron chi connectivity index (χ1n) is 24.8. The molecular weight excluding hydrogens is 941 g/mol. The van der Waals surface area contributed by atoms with Crippen LogP contribution in [-0.4, -0.2) is 90.4 Å². The lowest BCUT2D eigenvalue weighted by molar-refractivity contribution is -0.137. The fourth-order valence-electron chi connectivity index (χ4n) is 8.70. The first-order valence-corrected chi connectivity index (χ1v) is 24.8. The molecule has 0 spiro atoms. The van der Waals surface area contributed by atoms with E-state index in [1.807, 2.05) is 99.6 Å². The van der Waals surface area contributed by atoms with Crippen LogP contribution < -0.4 is 21.7 Å². The average Bonchev–Trinajstić information content (AvgIpc) is 3.96. The first kappa shape index (κ1) is 53.3. The number of Topliss-reactive ketones (excluding diaryl/α,β-unsaturated/α-hetero) is 1. The van der Waals surface area contributed by atoms with Crippen LogP contribution in [-0.2, 0) is 48.4 Å². The summed E-state index contributed by atoms with van der Waals surface area (Å²) in [5, 5.41) is 9.19. The zero-order chi connectivity index (χ0) is 52.6. The van der Waals surface area contributed by atoms with Crippen LogP contribution in [0, 0.1) is 18.8 Å². The maximum absolute atomic E-state index is 14.1. The van der Waals surface area contributed by atoms with Crippen molar-refractivity contribution < 1.29 is 38.3 Å². The maximum atomic E-state index is 14.1. The summed E-state index contributed by atoms with van der Waals surface area (Å²) in [6.45, 7) is 6.25. The van der Waals surface area contributed by atoms with E-state index in [9.17, 15) is 33.6 Å². The summed E-state index contributed by atoms with van der Waals surface area (Å²) >= 11 is 0. The number of H-pyrrole nitrogens is 1. The number of amides is 7. The number of unbranched alkanes of at least 4 members (excludes halogenated alkanes) is 2. The topological polar surface area (TPSA) is 252 Å². The van der Waals surface area contributed by atoms with Gasteiger partial charge in [0, 0.05) is 79.1 Å². The number of ether oxygens (including phenoxy) is 1. The number of nitrogens with two attached hydrogens (primary N) is 1. The number of imidazole rings is 1. The molecule has 0 unspecified atom stereocenters. The van der Waals surface area contributed by atoms with Crippen LogP contribution in [0.2, 0.25) is 0 Å². The van der Waals surface area contributed by atoms with Gasteiger partial charge >= 0.3 is 12.1 Å². The molecule has 7 amide bonds. The van der Waals surface area contributed by atoms with Crippen molar-refractivity contribution in [2.75, 3.05) is 18.4 Å². The van der Waals surface area contributed by atoms with E-state index in [1.165, 1.54) is 12.2 Å². The fraction of sp³-hybridized carbons (Fsp3) is 0.321. The largest absolute Gasteiger partial charge is 0.445 e. The number of carbonyl (C=O) groups is 7. The number of aryl methyl sites for hydroxylation is 1. The molecule has 0 saturated carbocycles. The summed E-state index contributed by atoms with van der Waals surface area (Å²) in [5.41, 5.74) is 11.8. The molecule has 4 heterocycles. The van der Waals surface area contributed by atoms with E-state index in [4.69, 9.17) is 20.4 Å². The van der Waals surface area contributed by atoms with Gasteiger partial charge in [-0.15, -0.1) is 0 Å². The number of rotatable bonds is 25. The van der Waals surface area contributed by atoms with Gasteiger partial charge in [-0.2, -0.15) is 0 Å². The zero-order valence-electron chi connectivity index (χ0n) is 41.8. The molecule has 1 aliphatic heterocycles. The molecule has 3 aromatic heterocycles. The summed E-state index contributed by atoms with van der Waals surface area (Å²) in [5.74, 6) is -2.31. The molecule has 0 aliphatic carbocycles. The quantitative estimate of drug-likeness (QED) is 0.0272. The molecule has 0 fully saturated rings. The van der Waals surface area contributed by atoms with Crippen LogP contribution in [0.3, 0.4) is 0 Å². The summed E-state index contributed by atoms with van der Waals surface area (Å²) < 4.78 is 5.92. The predicted octanol–water partition coefficient (Wildman–Crippen LogP) is 7.92. The number of nitrogens with zero attached hydrogens (tertiary/aromatic N) is 5. The number of aromatic amines is 1. The highest BCUT2D eigenvalue weighted by molar-refractivity contribution is 6.12. The van der Waals surface area contributed by atoms with Crippen molar-refractivity contribution in [3.05, 3.63) is 144 Å². The molecule has 0 radical (unpaired) electrons. The molecule has 18 heteroatoms. The number of carbonyl (C=O) groups excluding carboxylic acids is 7. The highest BCUT2D eigenvalue weighted by Crippen LogP contribution is 2.34. The van der Waals surface area contributed by atoms with E-state index in [2.05, 4.69) is 25.9 Å². The van der Waals surface area contributed by atoms with Crippen LogP contribution in [0.25, 0.3) is 33.5 Å². The van der Waals surface area contributed by atoms with Crippen molar-refractivity contribution in [3.8, 4) is 22.6 Å². The Bertz CT molecular complexity index is 2970. The van der Waals surface area contributed by atoms with Gasteiger partial charge in [-0.3, -0.25) is 43.7 Å². The number of para-hydroxylation sites is 1. The van der Waals surface area contributed by atoms with E-state index in [0.29, 0.717) is 59.8 Å². The molecule has 6 N–H and O–H groups in total. The monoisotopic (exact) mass is 1000 g/mol. The Morgan fingerprint density at radius 2 is 1.54 bits per heavy atom. The highest BCUT2D eigenvalue weighted by atomic mass is 16.6. The SMILES string of the molecule is Cc1cccc(-c2[nH]c(CN(Cc3ccccc3)C(=O)OCc3ccc(NC(=O)[C@H](CCCNC(N)=O)CC(=O)[C@@H](NC(=O)CCCCCN4C(=O)C=CC4=O)C(C)C)cc3)nc2-c2ccnc3ccccc23)n1. The number of pyridine rings is 2. The second kappa shape index (κ2) is 25.7. The Kier molecular flexibility index (Phi) is 18.5. The van der Waals surface area contributed by atoms with Crippen LogP contribution in [0.5, 0.6) is 0 Å². The summed E-state index contributed by atoms with van der Waals surface area (Å²) in [6.07, 6.45) is 5.85. The molecule has 0 bridgehead atoms. The Hall–Kier alpha value is -8.54. The maximum Gasteiger partial charge on any atom is 0.410 e. The number of fused-ring (bicyclic) bond motifs is 1. The minimum absolute atomic E-state index is 0.0755. The molecular formula is C56H62N10O8. The lowest BCUT2D eigenvalue weighted by Gasteiger charge is -2.24. The van der Waals surface area contributed by atoms with Crippen molar-refractivity contribution >= 4 is 58.1 Å². The zero-order valence-corrected chi connectivity index (χ0v) is 41.8. The molecule has 1 aliphatic rings. The van der Waals surface area contributed by atoms with Gasteiger partial charge in [-0.05, 0) is 86.1 Å². The number of urea groups is 1. The molecule has 3 aromatic carbocycles. The van der Waals surface area contributed by atoms with Gasteiger partial charge in [0.15, 0.2) is 5.78 Å². The number of anilines is 1. The van der Waals surface area contributed by atoms with Gasteiger partial charge in [0.2, 0.25) is 11.8 Å². The molecule has 6 aromatic rings. The molecule has 0 saturated heterocycles. The number of primary amides is 1. The summed E-state index contributed by atoms with van der Waals surface area (Å²) in [4.78, 5) is 110. The third kappa shape index (κ3) is 14.8. The van der Waals surface area contributed by atoms with E-state index in [-0.39, 0.29) is 81.5 Å². The lowest BCUT2D eigenvalue weighted by atomic mass is 9.89. The summed E-state index contributed by atoms with van der Waals surface area (Å²) in [6, 6.07) is 30.4. The molecule has 384 valence electrons. The number of imide groups is 1. The van der Waals surface area contributed by atoms with Crippen molar-refractivity contribution in [2.45, 2.75) is 91.5 Å². The lowest BCUT2D eigenvalue weighted by Crippen LogP contribution is -2.45. The minimum Gasteiger partial charge on any atom is -0.445 e. The molecule has 74 heavy (non-hydrogen) atoms. The second-order valence-electron chi connectivity index (χ2n) is 18.6. The van der Waals surface area contributed by atoms with E-state index >= 15 is 0 Å². The first-order chi connectivity index (χ1) is 35.7. The van der Waals surface area contributed by atoms with Crippen molar-refractivity contribution in [3.63, 3.8) is 0 Å². The molecule has 2 atom stereocenters. The van der Waals surface area contributed by atoms with Crippen LogP contribution in [0.4, 0.5) is 15.3 Å². The van der Waals surface area contributed by atoms with Gasteiger partial charge in [0.25, 0.3) is 11.8 Å². The number of aromatic nitrogens is 4. The van der Waals surface area contributed by atoms with Gasteiger partial charge in [0.1, 0.15) is 12.4 Å². The predicted molar refractivity (Wildman–Crippen MR) is 279 cm³/mol. The summed E-state index contributed by atoms with van der Waals surface area (Å²) in [7, 11) is 0. The van der Waals surface area contributed by atoms with Crippen LogP contribution in [0.1, 0.15) is 81.4 Å². The van der Waals surface area contributed by atoms with Crippen LogP contribution >= 0.6 is 0 Å². The van der Waals surface area contributed by atoms with Gasteiger partial charge in [0.05, 0.1) is 35.2 Å². The number of hydrogen-bond donors (Lipinski definition) is 5. The normalized spacial score (nSPS) is 12.9. The number of benzene rings is 3. The van der Waals surface area contributed by atoms with E-state index in [1.54, 1.807) is 35.4 Å². The van der Waals surface area contributed by atoms with Crippen molar-refractivity contribution in [1.29, 1.82) is 0 Å². The van der Waals surface area contributed by atoms with Crippen molar-refractivity contribution in [2.24, 2.45) is 17.6 Å². The minimum atomic E-state index is -0.851.